The van der Waals surface area contributed by atoms with Crippen LogP contribution in [-0.2, 0) is 14.3 Å². The van der Waals surface area contributed by atoms with Crippen molar-refractivity contribution in [2.75, 3.05) is 11.5 Å². The number of rotatable bonds is 2. The average molecular weight is 402 g/mol. The van der Waals surface area contributed by atoms with E-state index in [9.17, 15) is 9.59 Å². The number of carbonyl (C=O) groups is 2. The van der Waals surface area contributed by atoms with Crippen LogP contribution >= 0.6 is 23.2 Å². The third-order valence-electron chi connectivity index (χ3n) is 4.92. The number of amides is 1. The molecule has 0 saturated carbocycles. The van der Waals surface area contributed by atoms with E-state index < -0.39 is 11.9 Å². The van der Waals surface area contributed by atoms with Gasteiger partial charge in [-0.1, -0.05) is 35.3 Å². The summed E-state index contributed by atoms with van der Waals surface area (Å²) in [5.41, 5.74) is 4.65. The van der Waals surface area contributed by atoms with E-state index >= 15 is 0 Å². The quantitative estimate of drug-likeness (QED) is 0.669. The van der Waals surface area contributed by atoms with Crippen LogP contribution in [-0.4, -0.2) is 18.5 Å². The summed E-state index contributed by atoms with van der Waals surface area (Å²) in [4.78, 5) is 27.2. The Hall–Kier alpha value is -2.30. The number of esters is 1. The second-order valence-corrected chi connectivity index (χ2v) is 7.78. The topological polar surface area (TPSA) is 46.6 Å². The molecule has 0 radical (unpaired) electrons. The van der Waals surface area contributed by atoms with Gasteiger partial charge in [-0.3, -0.25) is 9.69 Å². The van der Waals surface area contributed by atoms with Crippen molar-refractivity contribution in [3.05, 3.63) is 74.4 Å². The summed E-state index contributed by atoms with van der Waals surface area (Å²) >= 11 is 12.4. The van der Waals surface area contributed by atoms with Gasteiger partial charge in [-0.2, -0.15) is 0 Å². The van der Waals surface area contributed by atoms with E-state index in [2.05, 4.69) is 0 Å². The van der Waals surface area contributed by atoms with Crippen molar-refractivity contribution in [1.29, 1.82) is 0 Å². The van der Waals surface area contributed by atoms with Crippen LogP contribution in [0.4, 0.5) is 5.69 Å². The Labute approximate surface area is 167 Å². The molecule has 1 amide bonds. The first-order valence-corrected chi connectivity index (χ1v) is 9.37. The molecule has 4 nitrogen and oxygen atoms in total. The molecule has 0 unspecified atom stereocenters. The Kier molecular flexibility index (Phi) is 4.49. The fourth-order valence-corrected chi connectivity index (χ4v) is 4.42. The zero-order valence-electron chi connectivity index (χ0n) is 14.9. The molecule has 0 spiro atoms. The second kappa shape index (κ2) is 6.70. The number of aryl methyl sites for hydroxylation is 2. The number of nitrogens with zero attached hydrogens (tertiary/aromatic N) is 1. The molecular formula is C21H17Cl2NO3. The molecule has 0 saturated heterocycles. The predicted octanol–water partition coefficient (Wildman–Crippen LogP) is 4.94. The van der Waals surface area contributed by atoms with Crippen LogP contribution < -0.4 is 4.90 Å². The van der Waals surface area contributed by atoms with Crippen molar-refractivity contribution in [1.82, 2.24) is 0 Å². The van der Waals surface area contributed by atoms with Gasteiger partial charge in [0.2, 0.25) is 5.91 Å². The molecule has 2 heterocycles. The van der Waals surface area contributed by atoms with Gasteiger partial charge in [0.15, 0.2) is 0 Å². The molecule has 2 aromatic rings. The van der Waals surface area contributed by atoms with Gasteiger partial charge in [0.05, 0.1) is 11.3 Å². The molecule has 27 heavy (non-hydrogen) atoms. The lowest BCUT2D eigenvalue weighted by Gasteiger charge is -2.32. The van der Waals surface area contributed by atoms with E-state index in [-0.39, 0.29) is 18.9 Å². The summed E-state index contributed by atoms with van der Waals surface area (Å²) < 4.78 is 5.30. The van der Waals surface area contributed by atoms with Crippen molar-refractivity contribution >= 4 is 40.8 Å². The number of anilines is 1. The van der Waals surface area contributed by atoms with E-state index in [1.54, 1.807) is 23.1 Å². The highest BCUT2D eigenvalue weighted by atomic mass is 35.5. The van der Waals surface area contributed by atoms with Crippen LogP contribution in [0.1, 0.15) is 29.0 Å². The fourth-order valence-electron chi connectivity index (χ4n) is 3.88. The molecule has 0 bridgehead atoms. The van der Waals surface area contributed by atoms with Crippen LogP contribution in [0, 0.1) is 13.8 Å². The van der Waals surface area contributed by atoms with Crippen LogP contribution in [0.2, 0.25) is 10.0 Å². The summed E-state index contributed by atoms with van der Waals surface area (Å²) in [5, 5.41) is 0.942. The molecule has 0 fully saturated rings. The van der Waals surface area contributed by atoms with Gasteiger partial charge in [0, 0.05) is 28.1 Å². The maximum atomic E-state index is 13.1. The Morgan fingerprint density at radius 1 is 1.04 bits per heavy atom. The first-order chi connectivity index (χ1) is 12.8. The minimum absolute atomic E-state index is 0.0780. The van der Waals surface area contributed by atoms with Crippen molar-refractivity contribution in [2.24, 2.45) is 0 Å². The maximum absolute atomic E-state index is 13.1. The van der Waals surface area contributed by atoms with E-state index in [1.165, 1.54) is 0 Å². The van der Waals surface area contributed by atoms with Gasteiger partial charge in [-0.05, 0) is 54.8 Å². The van der Waals surface area contributed by atoms with Crippen LogP contribution in [0.5, 0.6) is 0 Å². The van der Waals surface area contributed by atoms with E-state index in [4.69, 9.17) is 27.9 Å². The van der Waals surface area contributed by atoms with Crippen molar-refractivity contribution in [3.8, 4) is 0 Å². The van der Waals surface area contributed by atoms with E-state index in [0.717, 1.165) is 16.8 Å². The van der Waals surface area contributed by atoms with Crippen LogP contribution in [0.15, 0.2) is 47.7 Å². The summed E-state index contributed by atoms with van der Waals surface area (Å²) in [7, 11) is 0. The van der Waals surface area contributed by atoms with Gasteiger partial charge in [0.25, 0.3) is 0 Å². The molecule has 138 valence electrons. The SMILES string of the molecule is Cc1cc(C)cc(N2C(=O)C[C@@H](c3ccc(Cl)cc3Cl)C3=C2COC3=O)c1. The standard InChI is InChI=1S/C21H17Cl2NO3/c1-11-5-12(2)7-14(6-11)24-18-10-27-21(26)20(18)16(9-19(24)25)15-4-3-13(22)8-17(15)23/h3-8,16H,9-10H2,1-2H3/t16-/m0/s1. The zero-order valence-corrected chi connectivity index (χ0v) is 16.4. The Morgan fingerprint density at radius 2 is 1.74 bits per heavy atom. The van der Waals surface area contributed by atoms with Gasteiger partial charge >= 0.3 is 5.97 Å². The first-order valence-electron chi connectivity index (χ1n) is 8.61. The Morgan fingerprint density at radius 3 is 2.41 bits per heavy atom. The summed E-state index contributed by atoms with van der Waals surface area (Å²) in [6, 6.07) is 11.0. The lowest BCUT2D eigenvalue weighted by atomic mass is 9.84. The number of ether oxygens (including phenoxy) is 1. The Bertz CT molecular complexity index is 992. The molecular weight excluding hydrogens is 385 g/mol. The highest BCUT2D eigenvalue weighted by Gasteiger charge is 2.43. The monoisotopic (exact) mass is 401 g/mol. The molecule has 2 aliphatic rings. The number of cyclic esters (lactones) is 1. The fraction of sp³-hybridized carbons (Fsp3) is 0.238. The van der Waals surface area contributed by atoms with E-state index in [1.807, 2.05) is 32.0 Å². The average Bonchev–Trinajstić information content (AvgIpc) is 2.95. The van der Waals surface area contributed by atoms with Crippen molar-refractivity contribution < 1.29 is 14.3 Å². The zero-order chi connectivity index (χ0) is 19.3. The molecule has 2 aliphatic heterocycles. The normalized spacial score (nSPS) is 19.4. The number of hydrogen-bond acceptors (Lipinski definition) is 3. The molecule has 2 aromatic carbocycles. The van der Waals surface area contributed by atoms with Crippen LogP contribution in [0.3, 0.4) is 0 Å². The third-order valence-corrected chi connectivity index (χ3v) is 5.48. The highest BCUT2D eigenvalue weighted by Crippen LogP contribution is 2.44. The lowest BCUT2D eigenvalue weighted by Crippen LogP contribution is -2.37. The molecule has 6 heteroatoms. The molecule has 1 atom stereocenters. The third kappa shape index (κ3) is 3.13. The Balaban J connectivity index is 1.86. The first kappa shape index (κ1) is 18.1. The number of carbonyl (C=O) groups excluding carboxylic acids is 2. The number of hydrogen-bond donors (Lipinski definition) is 0. The minimum atomic E-state index is -0.436. The van der Waals surface area contributed by atoms with Crippen LogP contribution in [0.25, 0.3) is 0 Å². The highest BCUT2D eigenvalue weighted by molar-refractivity contribution is 6.35. The molecule has 0 N–H and O–H groups in total. The van der Waals surface area contributed by atoms with Gasteiger partial charge in [-0.25, -0.2) is 4.79 Å². The summed E-state index contributed by atoms with van der Waals surface area (Å²) in [6.07, 6.45) is 0.141. The maximum Gasteiger partial charge on any atom is 0.336 e. The smallest absolute Gasteiger partial charge is 0.336 e. The number of halogens is 2. The largest absolute Gasteiger partial charge is 0.456 e. The predicted molar refractivity (Wildman–Crippen MR) is 105 cm³/mol. The minimum Gasteiger partial charge on any atom is -0.456 e. The summed E-state index contributed by atoms with van der Waals surface area (Å²) in [5.74, 6) is -0.926. The molecule has 0 aliphatic carbocycles. The van der Waals surface area contributed by atoms with Gasteiger partial charge < -0.3 is 4.74 Å². The van der Waals surface area contributed by atoms with Gasteiger partial charge in [0.1, 0.15) is 6.61 Å². The van der Waals surface area contributed by atoms with E-state index in [0.29, 0.717) is 26.9 Å². The second-order valence-electron chi connectivity index (χ2n) is 6.93. The molecule has 0 aromatic heterocycles. The van der Waals surface area contributed by atoms with Crippen molar-refractivity contribution in [2.45, 2.75) is 26.2 Å². The van der Waals surface area contributed by atoms with Gasteiger partial charge in [-0.15, -0.1) is 0 Å². The molecule has 4 rings (SSSR count). The number of benzene rings is 2. The lowest BCUT2D eigenvalue weighted by molar-refractivity contribution is -0.136. The van der Waals surface area contributed by atoms with Crippen molar-refractivity contribution in [3.63, 3.8) is 0 Å². The summed E-state index contributed by atoms with van der Waals surface area (Å²) in [6.45, 7) is 4.04.